The third kappa shape index (κ3) is 2.81. The zero-order chi connectivity index (χ0) is 13.2. The number of rotatable bonds is 2. The first kappa shape index (κ1) is 12.9. The lowest BCUT2D eigenvalue weighted by atomic mass is 10.1. The summed E-state index contributed by atoms with van der Waals surface area (Å²) in [6.45, 7) is 0. The van der Waals surface area contributed by atoms with Gasteiger partial charge in [0.1, 0.15) is 5.69 Å². The summed E-state index contributed by atoms with van der Waals surface area (Å²) in [5.74, 6) is 0. The van der Waals surface area contributed by atoms with E-state index in [-0.39, 0.29) is 10.9 Å². The first-order chi connectivity index (χ1) is 8.50. The highest BCUT2D eigenvalue weighted by Crippen LogP contribution is 2.31. The average Bonchev–Trinajstić information content (AvgIpc) is 2.38. The second-order valence-corrected chi connectivity index (χ2v) is 4.26. The van der Waals surface area contributed by atoms with Crippen molar-refractivity contribution in [3.63, 3.8) is 0 Å². The van der Waals surface area contributed by atoms with E-state index in [1.165, 1.54) is 0 Å². The molecule has 1 aromatic heterocycles. The molecule has 0 bridgehead atoms. The van der Waals surface area contributed by atoms with Crippen LogP contribution in [0.3, 0.4) is 0 Å². The number of halogens is 3. The number of thioether (sulfide) groups is 1. The van der Waals surface area contributed by atoms with Crippen molar-refractivity contribution in [2.24, 2.45) is 0 Å². The second-order valence-electron chi connectivity index (χ2n) is 3.49. The molecule has 2 aromatic rings. The van der Waals surface area contributed by atoms with E-state index in [1.807, 2.05) is 0 Å². The van der Waals surface area contributed by atoms with Crippen molar-refractivity contribution in [3.05, 3.63) is 42.1 Å². The zero-order valence-corrected chi connectivity index (χ0v) is 10.2. The van der Waals surface area contributed by atoms with Gasteiger partial charge in [0, 0.05) is 5.56 Å². The molecular weight excluding hydrogens is 261 g/mol. The Balaban J connectivity index is 2.55. The predicted octanol–water partition coefficient (Wildman–Crippen LogP) is 3.88. The number of aromatic nitrogens is 2. The van der Waals surface area contributed by atoms with Crippen LogP contribution in [-0.2, 0) is 6.18 Å². The van der Waals surface area contributed by atoms with Crippen LogP contribution in [0.2, 0.25) is 0 Å². The summed E-state index contributed by atoms with van der Waals surface area (Å²) in [6, 6.07) is 9.70. The molecule has 0 aliphatic carbocycles. The Labute approximate surface area is 106 Å². The molecule has 2 rings (SSSR count). The Morgan fingerprint density at radius 3 is 2.28 bits per heavy atom. The van der Waals surface area contributed by atoms with Gasteiger partial charge in [0.05, 0.1) is 5.69 Å². The molecule has 0 aliphatic heterocycles. The minimum Gasteiger partial charge on any atom is -0.222 e. The van der Waals surface area contributed by atoms with Gasteiger partial charge in [0.2, 0.25) is 0 Å². The van der Waals surface area contributed by atoms with Crippen LogP contribution in [0.4, 0.5) is 13.2 Å². The van der Waals surface area contributed by atoms with E-state index in [2.05, 4.69) is 9.97 Å². The largest absolute Gasteiger partial charge is 0.433 e. The Hall–Kier alpha value is -1.56. The fraction of sp³-hybridized carbons (Fsp3) is 0.167. The van der Waals surface area contributed by atoms with Crippen molar-refractivity contribution >= 4 is 11.8 Å². The molecule has 0 atom stereocenters. The van der Waals surface area contributed by atoms with Crippen molar-refractivity contribution in [2.45, 2.75) is 11.3 Å². The predicted molar refractivity (Wildman–Crippen MR) is 64.3 cm³/mol. The van der Waals surface area contributed by atoms with Gasteiger partial charge >= 0.3 is 6.18 Å². The molecule has 2 nitrogen and oxygen atoms in total. The van der Waals surface area contributed by atoms with Crippen LogP contribution in [0.25, 0.3) is 11.3 Å². The number of hydrogen-bond donors (Lipinski definition) is 0. The van der Waals surface area contributed by atoms with Crippen molar-refractivity contribution in [1.29, 1.82) is 0 Å². The molecule has 0 aliphatic rings. The first-order valence-electron chi connectivity index (χ1n) is 5.06. The van der Waals surface area contributed by atoms with Gasteiger partial charge in [-0.25, -0.2) is 9.97 Å². The normalized spacial score (nSPS) is 11.6. The molecule has 0 spiro atoms. The Morgan fingerprint density at radius 1 is 1.06 bits per heavy atom. The standard InChI is InChI=1S/C12H9F3N2S/c1-18-11-16-9(8-5-3-2-4-6-8)7-10(17-11)12(13,14)15/h2-7H,1H3. The average molecular weight is 270 g/mol. The highest BCUT2D eigenvalue weighted by molar-refractivity contribution is 7.98. The quantitative estimate of drug-likeness (QED) is 0.611. The number of hydrogen-bond acceptors (Lipinski definition) is 3. The van der Waals surface area contributed by atoms with Crippen LogP contribution < -0.4 is 0 Å². The van der Waals surface area contributed by atoms with E-state index in [9.17, 15) is 13.2 Å². The lowest BCUT2D eigenvalue weighted by Crippen LogP contribution is -2.09. The van der Waals surface area contributed by atoms with Crippen LogP contribution in [0.5, 0.6) is 0 Å². The lowest BCUT2D eigenvalue weighted by Gasteiger charge is -2.09. The first-order valence-corrected chi connectivity index (χ1v) is 6.29. The molecule has 18 heavy (non-hydrogen) atoms. The molecular formula is C12H9F3N2S. The lowest BCUT2D eigenvalue weighted by molar-refractivity contribution is -0.141. The summed E-state index contributed by atoms with van der Waals surface area (Å²) in [5, 5.41) is 0.115. The third-order valence-electron chi connectivity index (χ3n) is 2.25. The van der Waals surface area contributed by atoms with Crippen molar-refractivity contribution in [3.8, 4) is 11.3 Å². The molecule has 6 heteroatoms. The topological polar surface area (TPSA) is 25.8 Å². The second kappa shape index (κ2) is 4.97. The Kier molecular flexibility index (Phi) is 3.56. The Morgan fingerprint density at radius 2 is 1.72 bits per heavy atom. The number of benzene rings is 1. The van der Waals surface area contributed by atoms with Gasteiger partial charge in [-0.3, -0.25) is 0 Å². The minimum atomic E-state index is -4.46. The highest BCUT2D eigenvalue weighted by atomic mass is 32.2. The Bertz CT molecular complexity index is 541. The fourth-order valence-corrected chi connectivity index (χ4v) is 1.80. The zero-order valence-electron chi connectivity index (χ0n) is 9.40. The maximum atomic E-state index is 12.7. The molecule has 0 saturated carbocycles. The SMILES string of the molecule is CSc1nc(-c2ccccc2)cc(C(F)(F)F)n1. The summed E-state index contributed by atoms with van der Waals surface area (Å²) in [7, 11) is 0. The van der Waals surface area contributed by atoms with Crippen molar-refractivity contribution in [1.82, 2.24) is 9.97 Å². The van der Waals surface area contributed by atoms with E-state index in [1.54, 1.807) is 36.6 Å². The van der Waals surface area contributed by atoms with E-state index in [4.69, 9.17) is 0 Å². The van der Waals surface area contributed by atoms with Gasteiger partial charge in [0.15, 0.2) is 5.16 Å². The maximum Gasteiger partial charge on any atom is 0.433 e. The van der Waals surface area contributed by atoms with Gasteiger partial charge in [-0.1, -0.05) is 42.1 Å². The number of alkyl halides is 3. The van der Waals surface area contributed by atoms with Crippen LogP contribution >= 0.6 is 11.8 Å². The summed E-state index contributed by atoms with van der Waals surface area (Å²) < 4.78 is 38.1. The van der Waals surface area contributed by atoms with Crippen LogP contribution in [0.1, 0.15) is 5.69 Å². The van der Waals surface area contributed by atoms with Crippen LogP contribution in [0.15, 0.2) is 41.6 Å². The van der Waals surface area contributed by atoms with Gasteiger partial charge in [-0.05, 0) is 12.3 Å². The van der Waals surface area contributed by atoms with Gasteiger partial charge < -0.3 is 0 Å². The van der Waals surface area contributed by atoms with Gasteiger partial charge in [-0.2, -0.15) is 13.2 Å². The van der Waals surface area contributed by atoms with Crippen molar-refractivity contribution in [2.75, 3.05) is 6.26 Å². The summed E-state index contributed by atoms with van der Waals surface area (Å²) in [4.78, 5) is 7.56. The molecule has 94 valence electrons. The molecule has 0 amide bonds. The van der Waals surface area contributed by atoms with Gasteiger partial charge in [0.25, 0.3) is 0 Å². The maximum absolute atomic E-state index is 12.7. The molecule has 1 heterocycles. The van der Waals surface area contributed by atoms with E-state index < -0.39 is 11.9 Å². The van der Waals surface area contributed by atoms with E-state index >= 15 is 0 Å². The third-order valence-corrected chi connectivity index (χ3v) is 2.80. The van der Waals surface area contributed by atoms with E-state index in [0.717, 1.165) is 17.8 Å². The fourth-order valence-electron chi connectivity index (χ4n) is 1.42. The number of nitrogens with zero attached hydrogens (tertiary/aromatic N) is 2. The summed E-state index contributed by atoms with van der Waals surface area (Å²) in [5.41, 5.74) is 0.00341. The molecule has 0 fully saturated rings. The minimum absolute atomic E-state index is 0.115. The molecule has 0 saturated heterocycles. The summed E-state index contributed by atoms with van der Waals surface area (Å²) in [6.07, 6.45) is -2.82. The summed E-state index contributed by atoms with van der Waals surface area (Å²) >= 11 is 1.09. The van der Waals surface area contributed by atoms with Crippen LogP contribution in [0, 0.1) is 0 Å². The molecule has 0 N–H and O–H groups in total. The van der Waals surface area contributed by atoms with Gasteiger partial charge in [-0.15, -0.1) is 0 Å². The highest BCUT2D eigenvalue weighted by Gasteiger charge is 2.33. The monoisotopic (exact) mass is 270 g/mol. The smallest absolute Gasteiger partial charge is 0.222 e. The molecule has 1 aromatic carbocycles. The van der Waals surface area contributed by atoms with Crippen molar-refractivity contribution < 1.29 is 13.2 Å². The molecule has 0 radical (unpaired) electrons. The van der Waals surface area contributed by atoms with Crippen LogP contribution in [-0.4, -0.2) is 16.2 Å². The molecule has 0 unspecified atom stereocenters. The van der Waals surface area contributed by atoms with E-state index in [0.29, 0.717) is 5.56 Å².